The number of likely N-dealkylation sites (N-methyl/N-ethyl adjacent to an activating group) is 1. The van der Waals surface area contributed by atoms with Gasteiger partial charge in [-0.15, -0.1) is 0 Å². The standard InChI is InChI=1S/C31H36FN5O.C2H6.H2/c1-19-34-30-27(32)14-20(15-29(30)36(19)22-7-5-3-4-6-8-22)25-11-12-28-26(25)13-21(16-33-28)31(38)37-23-9-10-24(37)18-35(2)17-23;1-2;/h11,13-16,22-24H,3-10,12,17-18H2,1-2H3;1-2H3;1H. The molecule has 2 unspecified atom stereocenters. The maximum atomic E-state index is 15.5. The number of halogens is 1. The predicted molar refractivity (Wildman–Crippen MR) is 160 cm³/mol. The molecule has 2 aliphatic carbocycles. The predicted octanol–water partition coefficient (Wildman–Crippen LogP) is 6.95. The molecular formula is C33H44FN5O. The average molecular weight is 546 g/mol. The minimum absolute atomic E-state index is 0. The van der Waals surface area contributed by atoms with Crippen molar-refractivity contribution < 1.29 is 10.6 Å². The zero-order valence-corrected chi connectivity index (χ0v) is 24.4. The van der Waals surface area contributed by atoms with Crippen molar-refractivity contribution in [2.24, 2.45) is 0 Å². The quantitative estimate of drug-likeness (QED) is 0.334. The first-order valence-corrected chi connectivity index (χ1v) is 15.4. The van der Waals surface area contributed by atoms with Crippen LogP contribution in [0.1, 0.15) is 106 Å². The molecule has 0 N–H and O–H groups in total. The molecule has 2 saturated heterocycles. The molecular weight excluding hydrogens is 501 g/mol. The van der Waals surface area contributed by atoms with E-state index in [0.717, 1.165) is 72.5 Å². The van der Waals surface area contributed by atoms with Crippen LogP contribution in [0.15, 0.2) is 30.5 Å². The van der Waals surface area contributed by atoms with E-state index in [9.17, 15) is 4.79 Å². The molecule has 7 rings (SSSR count). The molecule has 7 heteroatoms. The van der Waals surface area contributed by atoms with E-state index in [-0.39, 0.29) is 25.2 Å². The summed E-state index contributed by atoms with van der Waals surface area (Å²) in [7, 11) is 2.14. The third-order valence-corrected chi connectivity index (χ3v) is 9.33. The van der Waals surface area contributed by atoms with Crippen molar-refractivity contribution >= 4 is 22.5 Å². The van der Waals surface area contributed by atoms with Crippen molar-refractivity contribution in [3.63, 3.8) is 0 Å². The number of hydrogen-bond acceptors (Lipinski definition) is 4. The lowest BCUT2D eigenvalue weighted by molar-refractivity contribution is 0.0472. The average Bonchev–Trinajstić information content (AvgIpc) is 3.52. The van der Waals surface area contributed by atoms with Crippen LogP contribution in [0.25, 0.3) is 16.6 Å². The summed E-state index contributed by atoms with van der Waals surface area (Å²) in [5.41, 5.74) is 5.69. The monoisotopic (exact) mass is 545 g/mol. The topological polar surface area (TPSA) is 54.3 Å². The molecule has 2 atom stereocenters. The third kappa shape index (κ3) is 4.66. The van der Waals surface area contributed by atoms with Gasteiger partial charge in [0.1, 0.15) is 11.3 Å². The third-order valence-electron chi connectivity index (χ3n) is 9.33. The number of allylic oxidation sites excluding steroid dienone is 1. The van der Waals surface area contributed by atoms with Crippen LogP contribution in [-0.4, -0.2) is 62.5 Å². The van der Waals surface area contributed by atoms with E-state index in [4.69, 9.17) is 4.98 Å². The van der Waals surface area contributed by atoms with Gasteiger partial charge in [0.15, 0.2) is 5.82 Å². The number of amides is 1. The number of nitrogens with zero attached hydrogens (tertiary/aromatic N) is 5. The van der Waals surface area contributed by atoms with Gasteiger partial charge in [0.25, 0.3) is 5.91 Å². The minimum atomic E-state index is -0.281. The Balaban J connectivity index is 0.00000110. The molecule has 4 heterocycles. The second-order valence-corrected chi connectivity index (χ2v) is 11.9. The van der Waals surface area contributed by atoms with E-state index in [1.165, 1.54) is 25.7 Å². The maximum Gasteiger partial charge on any atom is 0.256 e. The van der Waals surface area contributed by atoms with Gasteiger partial charge >= 0.3 is 0 Å². The van der Waals surface area contributed by atoms with Crippen molar-refractivity contribution in [1.29, 1.82) is 0 Å². The largest absolute Gasteiger partial charge is 0.330 e. The first kappa shape index (κ1) is 27.1. The second kappa shape index (κ2) is 11.1. The highest BCUT2D eigenvalue weighted by molar-refractivity contribution is 5.97. The number of carbonyl (C=O) groups excluding carboxylic acids is 1. The fraction of sp³-hybridized carbons (Fsp3) is 0.545. The molecule has 6 nitrogen and oxygen atoms in total. The van der Waals surface area contributed by atoms with Crippen molar-refractivity contribution in [1.82, 2.24) is 24.3 Å². The summed E-state index contributed by atoms with van der Waals surface area (Å²) in [6, 6.07) is 6.64. The highest BCUT2D eigenvalue weighted by Crippen LogP contribution is 2.38. The smallest absolute Gasteiger partial charge is 0.256 e. The molecule has 1 saturated carbocycles. The van der Waals surface area contributed by atoms with Gasteiger partial charge in [-0.1, -0.05) is 45.6 Å². The van der Waals surface area contributed by atoms with E-state index >= 15 is 4.39 Å². The summed E-state index contributed by atoms with van der Waals surface area (Å²) in [5, 5.41) is 0. The van der Waals surface area contributed by atoms with E-state index in [2.05, 4.69) is 38.5 Å². The molecule has 1 aromatic carbocycles. The molecule has 1 amide bonds. The maximum absolute atomic E-state index is 15.5. The molecule has 40 heavy (non-hydrogen) atoms. The van der Waals surface area contributed by atoms with Crippen LogP contribution < -0.4 is 0 Å². The fourth-order valence-electron chi connectivity index (χ4n) is 7.58. The highest BCUT2D eigenvalue weighted by Gasteiger charge is 2.42. The zero-order chi connectivity index (χ0) is 28.0. The first-order chi connectivity index (χ1) is 19.5. The Bertz CT molecular complexity index is 1440. The van der Waals surface area contributed by atoms with Gasteiger partial charge in [-0.2, -0.15) is 0 Å². The van der Waals surface area contributed by atoms with Crippen LogP contribution in [0.5, 0.6) is 0 Å². The van der Waals surface area contributed by atoms with E-state index < -0.39 is 0 Å². The fourth-order valence-corrected chi connectivity index (χ4v) is 7.58. The van der Waals surface area contributed by atoms with Crippen LogP contribution in [-0.2, 0) is 6.42 Å². The van der Waals surface area contributed by atoms with Crippen molar-refractivity contribution in [3.8, 4) is 0 Å². The minimum Gasteiger partial charge on any atom is -0.330 e. The van der Waals surface area contributed by atoms with Crippen LogP contribution in [0.4, 0.5) is 4.39 Å². The lowest BCUT2D eigenvalue weighted by Crippen LogP contribution is -2.54. The number of aromatic nitrogens is 3. The number of likely N-dealkylation sites (tertiary alicyclic amines) is 1. The van der Waals surface area contributed by atoms with Crippen molar-refractivity contribution in [2.75, 3.05) is 20.1 Å². The normalized spacial score (nSPS) is 23.0. The van der Waals surface area contributed by atoms with E-state index in [1.807, 2.05) is 26.8 Å². The molecule has 0 radical (unpaired) electrons. The lowest BCUT2D eigenvalue weighted by atomic mass is 9.98. The number of imidazole rings is 1. The highest BCUT2D eigenvalue weighted by atomic mass is 19.1. The van der Waals surface area contributed by atoms with Crippen LogP contribution in [0.3, 0.4) is 0 Å². The van der Waals surface area contributed by atoms with Crippen LogP contribution in [0.2, 0.25) is 0 Å². The van der Waals surface area contributed by atoms with Gasteiger partial charge in [0.2, 0.25) is 0 Å². The molecule has 3 fully saturated rings. The Morgan fingerprint density at radius 2 is 1.68 bits per heavy atom. The summed E-state index contributed by atoms with van der Waals surface area (Å²) >= 11 is 0. The number of pyridine rings is 1. The molecule has 214 valence electrons. The molecule has 4 aliphatic rings. The summed E-state index contributed by atoms with van der Waals surface area (Å²) < 4.78 is 17.8. The van der Waals surface area contributed by atoms with Crippen LogP contribution >= 0.6 is 0 Å². The molecule has 2 bridgehead atoms. The number of carbonyl (C=O) groups is 1. The lowest BCUT2D eigenvalue weighted by Gasteiger charge is -2.39. The van der Waals surface area contributed by atoms with Gasteiger partial charge in [0.05, 0.1) is 16.8 Å². The summed E-state index contributed by atoms with van der Waals surface area (Å²) in [5.74, 6) is 0.687. The molecule has 2 aromatic heterocycles. The summed E-state index contributed by atoms with van der Waals surface area (Å²) in [6.07, 6.45) is 13.9. The van der Waals surface area contributed by atoms with Gasteiger partial charge in [0, 0.05) is 50.8 Å². The van der Waals surface area contributed by atoms with Crippen molar-refractivity contribution in [2.45, 2.75) is 96.7 Å². The van der Waals surface area contributed by atoms with Crippen LogP contribution in [0, 0.1) is 12.7 Å². The summed E-state index contributed by atoms with van der Waals surface area (Å²) in [6.45, 7) is 7.86. The van der Waals surface area contributed by atoms with E-state index in [0.29, 0.717) is 23.5 Å². The van der Waals surface area contributed by atoms with Gasteiger partial charge in [-0.25, -0.2) is 9.37 Å². The number of piperazine rings is 1. The Kier molecular flexibility index (Phi) is 7.51. The Morgan fingerprint density at radius 3 is 2.38 bits per heavy atom. The number of aryl methyl sites for hydroxylation is 1. The zero-order valence-electron chi connectivity index (χ0n) is 24.4. The molecule has 3 aromatic rings. The number of fused-ring (bicyclic) bond motifs is 4. The molecule has 0 spiro atoms. The number of rotatable bonds is 3. The number of hydrogen-bond donors (Lipinski definition) is 0. The second-order valence-electron chi connectivity index (χ2n) is 11.9. The SMILES string of the molecule is CC.Cc1nc2c(F)cc(C3=CCc4ncc(C(=O)N5C6CCC5CN(C)C6)cc43)cc2n1C1CCCCCC1.[HH]. The Morgan fingerprint density at radius 1 is 0.975 bits per heavy atom. The number of benzene rings is 1. The van der Waals surface area contributed by atoms with E-state index in [1.54, 1.807) is 12.3 Å². The molecule has 2 aliphatic heterocycles. The van der Waals surface area contributed by atoms with Gasteiger partial charge in [-0.3, -0.25) is 9.78 Å². The Hall–Kier alpha value is -3.06. The van der Waals surface area contributed by atoms with Gasteiger partial charge in [-0.05, 0) is 69.0 Å². The summed E-state index contributed by atoms with van der Waals surface area (Å²) in [4.78, 5) is 27.5. The Labute approximate surface area is 238 Å². The first-order valence-electron chi connectivity index (χ1n) is 15.4. The van der Waals surface area contributed by atoms with Gasteiger partial charge < -0.3 is 14.4 Å². The van der Waals surface area contributed by atoms with Crippen molar-refractivity contribution in [3.05, 3.63) is 64.5 Å².